The minimum Gasteiger partial charge on any atom is -0.294 e. The van der Waals surface area contributed by atoms with Gasteiger partial charge in [-0.05, 0) is 91.2 Å². The molecule has 144 valence electrons. The molecule has 4 aliphatic rings. The summed E-state index contributed by atoms with van der Waals surface area (Å²) in [6.07, 6.45) is 14.2. The monoisotopic (exact) mass is 362 g/mol. The van der Waals surface area contributed by atoms with Crippen LogP contribution in [0.15, 0.2) is 35.9 Å². The minimum absolute atomic E-state index is 0.0976. The molecule has 27 heavy (non-hydrogen) atoms. The fraction of sp³-hybridized carbons (Fsp3) is 0.654. The third-order valence-electron chi connectivity index (χ3n) is 9.36. The third kappa shape index (κ3) is 2.60. The predicted molar refractivity (Wildman–Crippen MR) is 111 cm³/mol. The molecule has 0 bridgehead atoms. The van der Waals surface area contributed by atoms with Gasteiger partial charge in [-0.1, -0.05) is 57.0 Å². The number of rotatable bonds is 1. The Morgan fingerprint density at radius 1 is 0.926 bits per heavy atom. The van der Waals surface area contributed by atoms with Gasteiger partial charge in [-0.3, -0.25) is 4.79 Å². The van der Waals surface area contributed by atoms with Gasteiger partial charge in [-0.25, -0.2) is 0 Å². The van der Waals surface area contributed by atoms with E-state index in [0.717, 1.165) is 36.2 Å². The van der Waals surface area contributed by atoms with E-state index < -0.39 is 0 Å². The Bertz CT molecular complexity index is 762. The second kappa shape index (κ2) is 6.33. The van der Waals surface area contributed by atoms with Crippen molar-refractivity contribution < 1.29 is 4.79 Å². The van der Waals surface area contributed by atoms with E-state index in [9.17, 15) is 4.79 Å². The van der Waals surface area contributed by atoms with Crippen molar-refractivity contribution in [1.82, 2.24) is 0 Å². The minimum atomic E-state index is -0.0976. The molecule has 5 rings (SSSR count). The van der Waals surface area contributed by atoms with E-state index >= 15 is 0 Å². The molecule has 1 aromatic carbocycles. The molecular formula is C26H34O. The van der Waals surface area contributed by atoms with Crippen LogP contribution < -0.4 is 0 Å². The van der Waals surface area contributed by atoms with Gasteiger partial charge in [0.1, 0.15) is 0 Å². The number of allylic oxidation sites excluding steroid dienone is 1. The lowest BCUT2D eigenvalue weighted by molar-refractivity contribution is -0.137. The van der Waals surface area contributed by atoms with Gasteiger partial charge in [-0.2, -0.15) is 0 Å². The zero-order valence-corrected chi connectivity index (χ0v) is 17.0. The second-order valence-corrected chi connectivity index (χ2v) is 10.5. The highest BCUT2D eigenvalue weighted by Gasteiger charge is 2.60. The molecule has 1 nitrogen and oxygen atoms in total. The van der Waals surface area contributed by atoms with Crippen LogP contribution in [0.4, 0.5) is 0 Å². The summed E-state index contributed by atoms with van der Waals surface area (Å²) >= 11 is 0. The molecule has 1 aromatic rings. The number of hydrogen-bond donors (Lipinski definition) is 0. The van der Waals surface area contributed by atoms with Crippen LogP contribution in [-0.4, -0.2) is 5.78 Å². The van der Waals surface area contributed by atoms with Crippen molar-refractivity contribution in [3.63, 3.8) is 0 Å². The van der Waals surface area contributed by atoms with E-state index in [1.54, 1.807) is 0 Å². The van der Waals surface area contributed by atoms with Gasteiger partial charge in [0.25, 0.3) is 0 Å². The van der Waals surface area contributed by atoms with Crippen LogP contribution in [0, 0.1) is 34.5 Å². The lowest BCUT2D eigenvalue weighted by Crippen LogP contribution is -2.52. The van der Waals surface area contributed by atoms with Gasteiger partial charge >= 0.3 is 0 Å². The highest BCUT2D eigenvalue weighted by Crippen LogP contribution is 2.66. The van der Waals surface area contributed by atoms with E-state index in [2.05, 4.69) is 44.2 Å². The normalized spacial score (nSPS) is 45.3. The van der Waals surface area contributed by atoms with E-state index in [1.807, 2.05) is 6.07 Å². The standard InChI is InChI=1S/C26H34O/c1-25-14-7-6-10-20(25)11-12-21-22(25)13-15-26(2)23(21)17-19(24(26)27)16-18-8-4-3-5-9-18/h3-5,8-9,16,20-23H,6-7,10-15,17H2,1-2H3/b19-16-/t20-,21-,22-,23-,25+,26+/m1/s1. The summed E-state index contributed by atoms with van der Waals surface area (Å²) in [6.45, 7) is 4.92. The maximum Gasteiger partial charge on any atom is 0.165 e. The predicted octanol–water partition coefficient (Wildman–Crippen LogP) is 6.68. The van der Waals surface area contributed by atoms with Gasteiger partial charge < -0.3 is 0 Å². The summed E-state index contributed by atoms with van der Waals surface area (Å²) < 4.78 is 0. The SMILES string of the molecule is C[C@]12CCCC[C@@H]1CC[C@@H]1[C@H]2CC[C@]2(C)C(=O)/C(=C\c3ccccc3)C[C@H]12. The largest absolute Gasteiger partial charge is 0.294 e. The number of hydrogen-bond acceptors (Lipinski definition) is 1. The molecule has 0 spiro atoms. The van der Waals surface area contributed by atoms with Gasteiger partial charge in [0, 0.05) is 5.41 Å². The first kappa shape index (κ1) is 17.7. The smallest absolute Gasteiger partial charge is 0.165 e. The van der Waals surface area contributed by atoms with Crippen molar-refractivity contribution >= 4 is 11.9 Å². The third-order valence-corrected chi connectivity index (χ3v) is 9.36. The summed E-state index contributed by atoms with van der Waals surface area (Å²) in [5.74, 6) is 3.63. The van der Waals surface area contributed by atoms with Crippen LogP contribution in [0.1, 0.15) is 77.2 Å². The first-order valence-corrected chi connectivity index (χ1v) is 11.3. The maximum absolute atomic E-state index is 13.4. The summed E-state index contributed by atoms with van der Waals surface area (Å²) in [5, 5.41) is 0. The van der Waals surface area contributed by atoms with Crippen LogP contribution >= 0.6 is 0 Å². The van der Waals surface area contributed by atoms with Gasteiger partial charge in [-0.15, -0.1) is 0 Å². The zero-order chi connectivity index (χ0) is 18.6. The Kier molecular flexibility index (Phi) is 4.15. The van der Waals surface area contributed by atoms with Crippen molar-refractivity contribution in [2.24, 2.45) is 34.5 Å². The molecule has 0 saturated heterocycles. The Labute approximate surface area is 164 Å². The highest BCUT2D eigenvalue weighted by molar-refractivity contribution is 6.05. The molecule has 4 saturated carbocycles. The van der Waals surface area contributed by atoms with E-state index in [1.165, 1.54) is 50.5 Å². The summed E-state index contributed by atoms with van der Waals surface area (Å²) in [6, 6.07) is 10.4. The molecule has 1 heteroatoms. The highest BCUT2D eigenvalue weighted by atomic mass is 16.1. The van der Waals surface area contributed by atoms with Gasteiger partial charge in [0.2, 0.25) is 0 Å². The molecule has 4 aliphatic carbocycles. The van der Waals surface area contributed by atoms with Crippen molar-refractivity contribution in [2.75, 3.05) is 0 Å². The summed E-state index contributed by atoms with van der Waals surface area (Å²) in [4.78, 5) is 13.4. The van der Waals surface area contributed by atoms with E-state index in [0.29, 0.717) is 17.1 Å². The Morgan fingerprint density at radius 3 is 2.56 bits per heavy atom. The fourth-order valence-electron chi connectivity index (χ4n) is 7.85. The number of fused-ring (bicyclic) bond motifs is 5. The summed E-state index contributed by atoms with van der Waals surface area (Å²) in [5.41, 5.74) is 2.74. The molecule has 0 aliphatic heterocycles. The number of carbonyl (C=O) groups is 1. The average molecular weight is 363 g/mol. The first-order valence-electron chi connectivity index (χ1n) is 11.3. The van der Waals surface area contributed by atoms with Crippen LogP contribution in [-0.2, 0) is 4.79 Å². The van der Waals surface area contributed by atoms with Crippen LogP contribution in [0.25, 0.3) is 6.08 Å². The molecule has 0 amide bonds. The van der Waals surface area contributed by atoms with Crippen LogP contribution in [0.5, 0.6) is 0 Å². The van der Waals surface area contributed by atoms with Gasteiger partial charge in [0.05, 0.1) is 0 Å². The molecule has 0 N–H and O–H groups in total. The molecule has 0 heterocycles. The summed E-state index contributed by atoms with van der Waals surface area (Å²) in [7, 11) is 0. The van der Waals surface area contributed by atoms with Gasteiger partial charge in [0.15, 0.2) is 5.78 Å². The van der Waals surface area contributed by atoms with E-state index in [-0.39, 0.29) is 5.41 Å². The van der Waals surface area contributed by atoms with Crippen molar-refractivity contribution in [3.8, 4) is 0 Å². The molecule has 4 fully saturated rings. The lowest BCUT2D eigenvalue weighted by atomic mass is 9.45. The number of carbonyl (C=O) groups excluding carboxylic acids is 1. The van der Waals surface area contributed by atoms with E-state index in [4.69, 9.17) is 0 Å². The van der Waals surface area contributed by atoms with Crippen molar-refractivity contribution in [2.45, 2.75) is 71.6 Å². The molecule has 6 atom stereocenters. The molecular weight excluding hydrogens is 328 g/mol. The quantitative estimate of drug-likeness (QED) is 0.509. The van der Waals surface area contributed by atoms with Crippen molar-refractivity contribution in [1.29, 1.82) is 0 Å². The van der Waals surface area contributed by atoms with Crippen LogP contribution in [0.3, 0.4) is 0 Å². The Morgan fingerprint density at radius 2 is 1.74 bits per heavy atom. The molecule has 0 unspecified atom stereocenters. The second-order valence-electron chi connectivity index (χ2n) is 10.5. The van der Waals surface area contributed by atoms with Crippen molar-refractivity contribution in [3.05, 3.63) is 41.5 Å². The fourth-order valence-corrected chi connectivity index (χ4v) is 7.85. The Hall–Kier alpha value is -1.37. The lowest BCUT2D eigenvalue weighted by Gasteiger charge is -2.59. The topological polar surface area (TPSA) is 17.1 Å². The zero-order valence-electron chi connectivity index (χ0n) is 17.0. The maximum atomic E-state index is 13.4. The average Bonchev–Trinajstić information content (AvgIpc) is 2.93. The molecule has 0 aromatic heterocycles. The number of ketones is 1. The number of benzene rings is 1. The van der Waals surface area contributed by atoms with Crippen LogP contribution in [0.2, 0.25) is 0 Å². The molecule has 0 radical (unpaired) electrons. The first-order chi connectivity index (χ1) is 13.0. The Balaban J connectivity index is 1.47. The number of Topliss-reactive ketones (excluding diaryl/α,β-unsaturated/α-hetero) is 1.